The van der Waals surface area contributed by atoms with Crippen molar-refractivity contribution in [2.24, 2.45) is 11.8 Å². The standard InChI is InChI=1S/C17H23N3O3/c1-10-4-5-14(16(22)18-10)17(23)20(3)13-6-11-8-15(21)19(2)9-12(11)7-13/h4-5,11-13H,6-9H2,1-3H3,(H,18,22)/t11-,12+,13-/m1/s1. The van der Waals surface area contributed by atoms with Gasteiger partial charge in [-0.05, 0) is 43.7 Å². The second-order valence-corrected chi connectivity index (χ2v) is 6.92. The van der Waals surface area contributed by atoms with Gasteiger partial charge in [0.05, 0.1) is 0 Å². The van der Waals surface area contributed by atoms with Crippen molar-refractivity contribution < 1.29 is 9.59 Å². The maximum Gasteiger partial charge on any atom is 0.260 e. The Hall–Kier alpha value is -2.11. The average molecular weight is 317 g/mol. The van der Waals surface area contributed by atoms with E-state index in [9.17, 15) is 14.4 Å². The second-order valence-electron chi connectivity index (χ2n) is 6.92. The zero-order chi connectivity index (χ0) is 16.7. The summed E-state index contributed by atoms with van der Waals surface area (Å²) in [5, 5.41) is 0. The number of hydrogen-bond acceptors (Lipinski definition) is 3. The molecule has 1 aliphatic heterocycles. The number of aromatic nitrogens is 1. The summed E-state index contributed by atoms with van der Waals surface area (Å²) in [4.78, 5) is 42.6. The van der Waals surface area contributed by atoms with Crippen LogP contribution in [0, 0.1) is 18.8 Å². The molecule has 0 unspecified atom stereocenters. The van der Waals surface area contributed by atoms with Crippen LogP contribution in [0.15, 0.2) is 16.9 Å². The molecular formula is C17H23N3O3. The molecule has 2 heterocycles. The Kier molecular flexibility index (Phi) is 4.00. The molecule has 1 N–H and O–H groups in total. The van der Waals surface area contributed by atoms with E-state index < -0.39 is 0 Å². The fourth-order valence-electron chi connectivity index (χ4n) is 3.90. The Bertz CT molecular complexity index is 697. The summed E-state index contributed by atoms with van der Waals surface area (Å²) in [5.74, 6) is 0.759. The van der Waals surface area contributed by atoms with E-state index in [0.29, 0.717) is 18.3 Å². The van der Waals surface area contributed by atoms with Crippen LogP contribution in [0.4, 0.5) is 0 Å². The van der Waals surface area contributed by atoms with Crippen molar-refractivity contribution in [2.75, 3.05) is 20.6 Å². The van der Waals surface area contributed by atoms with Crippen molar-refractivity contribution in [3.63, 3.8) is 0 Å². The molecule has 2 fully saturated rings. The average Bonchev–Trinajstić information content (AvgIpc) is 2.89. The van der Waals surface area contributed by atoms with Crippen LogP contribution < -0.4 is 5.56 Å². The van der Waals surface area contributed by atoms with Gasteiger partial charge in [-0.1, -0.05) is 0 Å². The van der Waals surface area contributed by atoms with Crippen LogP contribution in [0.25, 0.3) is 0 Å². The summed E-state index contributed by atoms with van der Waals surface area (Å²) in [6, 6.07) is 3.43. The Labute approximate surface area is 135 Å². The number of aryl methyl sites for hydroxylation is 1. The van der Waals surface area contributed by atoms with Gasteiger partial charge in [0.1, 0.15) is 5.56 Å². The first-order valence-corrected chi connectivity index (χ1v) is 8.08. The highest BCUT2D eigenvalue weighted by atomic mass is 16.2. The first-order valence-electron chi connectivity index (χ1n) is 8.08. The minimum absolute atomic E-state index is 0.0949. The number of aromatic amines is 1. The van der Waals surface area contributed by atoms with Crippen molar-refractivity contribution >= 4 is 11.8 Å². The lowest BCUT2D eigenvalue weighted by molar-refractivity contribution is -0.134. The molecule has 1 aliphatic carbocycles. The van der Waals surface area contributed by atoms with Crippen molar-refractivity contribution in [2.45, 2.75) is 32.2 Å². The van der Waals surface area contributed by atoms with E-state index in [4.69, 9.17) is 0 Å². The zero-order valence-corrected chi connectivity index (χ0v) is 13.8. The Morgan fingerprint density at radius 2 is 1.96 bits per heavy atom. The lowest BCUT2D eigenvalue weighted by Crippen LogP contribution is -2.40. The molecule has 1 saturated heterocycles. The van der Waals surface area contributed by atoms with E-state index in [1.54, 1.807) is 35.9 Å². The molecule has 1 saturated carbocycles. The van der Waals surface area contributed by atoms with Gasteiger partial charge in [-0.25, -0.2) is 0 Å². The Morgan fingerprint density at radius 1 is 1.26 bits per heavy atom. The minimum Gasteiger partial charge on any atom is -0.345 e. The van der Waals surface area contributed by atoms with Gasteiger partial charge in [-0.3, -0.25) is 14.4 Å². The third kappa shape index (κ3) is 2.90. The number of H-pyrrole nitrogens is 1. The number of pyridine rings is 1. The number of fused-ring (bicyclic) bond motifs is 1. The molecule has 6 heteroatoms. The smallest absolute Gasteiger partial charge is 0.260 e. The lowest BCUT2D eigenvalue weighted by Gasteiger charge is -2.31. The first kappa shape index (κ1) is 15.8. The second kappa shape index (κ2) is 5.83. The maximum atomic E-state index is 12.6. The van der Waals surface area contributed by atoms with Gasteiger partial charge in [0.25, 0.3) is 11.5 Å². The highest BCUT2D eigenvalue weighted by Gasteiger charge is 2.42. The molecule has 1 aromatic heterocycles. The van der Waals surface area contributed by atoms with Crippen LogP contribution in [-0.2, 0) is 4.79 Å². The van der Waals surface area contributed by atoms with Crippen LogP contribution in [0.3, 0.4) is 0 Å². The number of amides is 2. The van der Waals surface area contributed by atoms with Gasteiger partial charge in [0, 0.05) is 38.8 Å². The first-order chi connectivity index (χ1) is 10.9. The van der Waals surface area contributed by atoms with E-state index in [2.05, 4.69) is 4.98 Å². The Morgan fingerprint density at radius 3 is 2.65 bits per heavy atom. The summed E-state index contributed by atoms with van der Waals surface area (Å²) < 4.78 is 0. The molecule has 6 nitrogen and oxygen atoms in total. The topological polar surface area (TPSA) is 73.5 Å². The van der Waals surface area contributed by atoms with Crippen molar-refractivity contribution in [3.05, 3.63) is 33.7 Å². The molecule has 0 radical (unpaired) electrons. The van der Waals surface area contributed by atoms with Gasteiger partial charge >= 0.3 is 0 Å². The number of carbonyl (C=O) groups excluding carboxylic acids is 2. The van der Waals surface area contributed by atoms with E-state index in [-0.39, 0.29) is 29.0 Å². The fraction of sp³-hybridized carbons (Fsp3) is 0.588. The molecule has 0 bridgehead atoms. The number of likely N-dealkylation sites (tertiary alicyclic amines) is 1. The maximum absolute atomic E-state index is 12.6. The minimum atomic E-state index is -0.341. The lowest BCUT2D eigenvalue weighted by atomic mass is 9.88. The molecule has 3 rings (SSSR count). The van der Waals surface area contributed by atoms with Crippen molar-refractivity contribution in [1.82, 2.24) is 14.8 Å². The number of nitrogens with zero attached hydrogens (tertiary/aromatic N) is 2. The van der Waals surface area contributed by atoms with Crippen LogP contribution in [0.5, 0.6) is 0 Å². The number of piperidine rings is 1. The van der Waals surface area contributed by atoms with Crippen LogP contribution in [-0.4, -0.2) is 53.3 Å². The zero-order valence-electron chi connectivity index (χ0n) is 13.8. The monoisotopic (exact) mass is 317 g/mol. The molecule has 0 aromatic carbocycles. The van der Waals surface area contributed by atoms with Crippen LogP contribution >= 0.6 is 0 Å². The molecule has 124 valence electrons. The highest BCUT2D eigenvalue weighted by Crippen LogP contribution is 2.40. The quantitative estimate of drug-likeness (QED) is 0.885. The van der Waals surface area contributed by atoms with Gasteiger partial charge in [0.15, 0.2) is 0 Å². The number of rotatable bonds is 2. The summed E-state index contributed by atoms with van der Waals surface area (Å²) in [6.45, 7) is 2.56. The predicted molar refractivity (Wildman–Crippen MR) is 86.1 cm³/mol. The van der Waals surface area contributed by atoms with E-state index in [1.165, 1.54) is 0 Å². The summed E-state index contributed by atoms with van der Waals surface area (Å²) >= 11 is 0. The van der Waals surface area contributed by atoms with Gasteiger partial charge in [0.2, 0.25) is 5.91 Å². The Balaban J connectivity index is 1.74. The van der Waals surface area contributed by atoms with Gasteiger partial charge in [-0.15, -0.1) is 0 Å². The highest BCUT2D eigenvalue weighted by molar-refractivity contribution is 5.93. The van der Waals surface area contributed by atoms with E-state index >= 15 is 0 Å². The van der Waals surface area contributed by atoms with E-state index in [1.807, 2.05) is 7.05 Å². The fourth-order valence-corrected chi connectivity index (χ4v) is 3.90. The third-order valence-electron chi connectivity index (χ3n) is 5.34. The number of carbonyl (C=O) groups is 2. The number of nitrogens with one attached hydrogen (secondary N) is 1. The molecule has 0 spiro atoms. The van der Waals surface area contributed by atoms with Gasteiger partial charge in [-0.2, -0.15) is 0 Å². The summed E-state index contributed by atoms with van der Waals surface area (Å²) in [6.07, 6.45) is 2.31. The van der Waals surface area contributed by atoms with Crippen LogP contribution in [0.1, 0.15) is 35.3 Å². The van der Waals surface area contributed by atoms with Crippen molar-refractivity contribution in [1.29, 1.82) is 0 Å². The van der Waals surface area contributed by atoms with E-state index in [0.717, 1.165) is 25.1 Å². The third-order valence-corrected chi connectivity index (χ3v) is 5.34. The summed E-state index contributed by atoms with van der Waals surface area (Å²) in [5.41, 5.74) is 0.580. The molecule has 23 heavy (non-hydrogen) atoms. The normalized spacial score (nSPS) is 27.0. The van der Waals surface area contributed by atoms with Gasteiger partial charge < -0.3 is 14.8 Å². The molecule has 2 aliphatic rings. The number of hydrogen-bond donors (Lipinski definition) is 1. The van der Waals surface area contributed by atoms with Crippen molar-refractivity contribution in [3.8, 4) is 0 Å². The predicted octanol–water partition coefficient (Wildman–Crippen LogP) is 1.01. The SMILES string of the molecule is Cc1ccc(C(=O)N(C)[C@@H]2C[C@@H]3CC(=O)N(C)C[C@@H]3C2)c(=O)[nH]1. The molecule has 2 amide bonds. The molecular weight excluding hydrogens is 294 g/mol. The molecule has 1 aromatic rings. The van der Waals surface area contributed by atoms with Crippen LogP contribution in [0.2, 0.25) is 0 Å². The molecule has 3 atom stereocenters. The summed E-state index contributed by atoms with van der Waals surface area (Å²) in [7, 11) is 3.60. The largest absolute Gasteiger partial charge is 0.345 e.